The fraction of sp³-hybridized carbons (Fsp3) is 0.343. The van der Waals surface area contributed by atoms with Crippen molar-refractivity contribution >= 4 is 21.9 Å². The SMILES string of the molecule is Cc1ccc2c(oc3c4c(ccc32)C(CC(C)(C)C)(CC(C)(C)C)c2ccccc2-4)c1-c1ccccn1. The molecule has 0 atom stereocenters. The van der Waals surface area contributed by atoms with Crippen LogP contribution in [0.25, 0.3) is 44.3 Å². The minimum absolute atomic E-state index is 0.0602. The third kappa shape index (κ3) is 3.81. The van der Waals surface area contributed by atoms with Gasteiger partial charge in [0, 0.05) is 33.5 Å². The summed E-state index contributed by atoms with van der Waals surface area (Å²) >= 11 is 0. The lowest BCUT2D eigenvalue weighted by Gasteiger charge is -2.42. The summed E-state index contributed by atoms with van der Waals surface area (Å²) in [6.07, 6.45) is 4.04. The second kappa shape index (κ2) is 8.05. The van der Waals surface area contributed by atoms with E-state index >= 15 is 0 Å². The van der Waals surface area contributed by atoms with Crippen molar-refractivity contribution in [3.63, 3.8) is 0 Å². The van der Waals surface area contributed by atoms with Crippen LogP contribution in [0.3, 0.4) is 0 Å². The van der Waals surface area contributed by atoms with Crippen LogP contribution in [0.2, 0.25) is 0 Å². The highest BCUT2D eigenvalue weighted by molar-refractivity contribution is 6.14. The van der Waals surface area contributed by atoms with Gasteiger partial charge < -0.3 is 4.42 Å². The summed E-state index contributed by atoms with van der Waals surface area (Å²) in [6, 6.07) is 24.3. The van der Waals surface area contributed by atoms with Gasteiger partial charge in [0.05, 0.1) is 5.69 Å². The molecule has 0 amide bonds. The molecule has 0 aliphatic heterocycles. The van der Waals surface area contributed by atoms with E-state index in [0.717, 1.165) is 40.7 Å². The van der Waals surface area contributed by atoms with E-state index in [9.17, 15) is 0 Å². The van der Waals surface area contributed by atoms with Crippen LogP contribution < -0.4 is 0 Å². The number of rotatable bonds is 3. The third-order valence-corrected chi connectivity index (χ3v) is 7.83. The van der Waals surface area contributed by atoms with Gasteiger partial charge in [-0.1, -0.05) is 96.1 Å². The van der Waals surface area contributed by atoms with Crippen molar-refractivity contribution in [2.75, 3.05) is 0 Å². The Morgan fingerprint density at radius 3 is 1.95 bits per heavy atom. The summed E-state index contributed by atoms with van der Waals surface area (Å²) in [4.78, 5) is 4.68. The molecule has 1 aliphatic carbocycles. The molecule has 2 heterocycles. The van der Waals surface area contributed by atoms with E-state index in [1.165, 1.54) is 33.2 Å². The minimum Gasteiger partial charge on any atom is -0.455 e. The highest BCUT2D eigenvalue weighted by Crippen LogP contribution is 2.60. The zero-order valence-electron chi connectivity index (χ0n) is 23.2. The first kappa shape index (κ1) is 24.0. The minimum atomic E-state index is -0.0602. The molecule has 0 saturated heterocycles. The molecule has 0 N–H and O–H groups in total. The lowest BCUT2D eigenvalue weighted by molar-refractivity contribution is 0.214. The van der Waals surface area contributed by atoms with Gasteiger partial charge in [0.1, 0.15) is 11.2 Å². The predicted molar refractivity (Wildman–Crippen MR) is 156 cm³/mol. The molecule has 0 bridgehead atoms. The molecule has 2 heteroatoms. The fourth-order valence-electron chi connectivity index (χ4n) is 7.01. The normalized spacial score (nSPS) is 14.8. The van der Waals surface area contributed by atoms with Gasteiger partial charge >= 0.3 is 0 Å². The van der Waals surface area contributed by atoms with Gasteiger partial charge in [-0.15, -0.1) is 0 Å². The smallest absolute Gasteiger partial charge is 0.145 e. The number of benzene rings is 3. The monoisotopic (exact) mass is 487 g/mol. The van der Waals surface area contributed by atoms with Crippen LogP contribution in [0, 0.1) is 17.8 Å². The molecular formula is C35H37NO. The van der Waals surface area contributed by atoms with E-state index in [1.54, 1.807) is 0 Å². The van der Waals surface area contributed by atoms with Crippen molar-refractivity contribution in [3.8, 4) is 22.4 Å². The molecule has 1 aliphatic rings. The fourth-order valence-corrected chi connectivity index (χ4v) is 7.01. The number of fused-ring (bicyclic) bond motifs is 7. The van der Waals surface area contributed by atoms with Gasteiger partial charge in [-0.3, -0.25) is 4.98 Å². The Kier molecular flexibility index (Phi) is 5.22. The van der Waals surface area contributed by atoms with Crippen molar-refractivity contribution in [1.29, 1.82) is 0 Å². The summed E-state index contributed by atoms with van der Waals surface area (Å²) < 4.78 is 6.93. The summed E-state index contributed by atoms with van der Waals surface area (Å²) in [5, 5.41) is 2.34. The van der Waals surface area contributed by atoms with Gasteiger partial charge in [-0.05, 0) is 65.0 Å². The van der Waals surface area contributed by atoms with E-state index in [0.29, 0.717) is 0 Å². The van der Waals surface area contributed by atoms with Crippen molar-refractivity contribution in [2.45, 2.75) is 66.7 Å². The first-order valence-electron chi connectivity index (χ1n) is 13.5. The van der Waals surface area contributed by atoms with E-state index in [4.69, 9.17) is 4.42 Å². The Bertz CT molecular complexity index is 1620. The molecule has 3 aromatic carbocycles. The number of furan rings is 1. The molecule has 0 fully saturated rings. The van der Waals surface area contributed by atoms with Gasteiger partial charge in [0.15, 0.2) is 0 Å². The Labute approximate surface area is 220 Å². The van der Waals surface area contributed by atoms with Crippen molar-refractivity contribution in [3.05, 3.63) is 89.6 Å². The van der Waals surface area contributed by atoms with Crippen molar-refractivity contribution < 1.29 is 4.42 Å². The van der Waals surface area contributed by atoms with Crippen LogP contribution in [0.1, 0.15) is 71.1 Å². The lowest BCUT2D eigenvalue weighted by atomic mass is 9.62. The second-order valence-corrected chi connectivity index (χ2v) is 13.4. The van der Waals surface area contributed by atoms with Gasteiger partial charge in [0.25, 0.3) is 0 Å². The average molecular weight is 488 g/mol. The van der Waals surface area contributed by atoms with Crippen LogP contribution in [-0.2, 0) is 5.41 Å². The first-order valence-corrected chi connectivity index (χ1v) is 13.5. The Morgan fingerprint density at radius 1 is 0.676 bits per heavy atom. The van der Waals surface area contributed by atoms with E-state index in [-0.39, 0.29) is 16.2 Å². The molecule has 6 rings (SSSR count). The van der Waals surface area contributed by atoms with Crippen molar-refractivity contribution in [2.24, 2.45) is 10.8 Å². The average Bonchev–Trinajstić information content (AvgIpc) is 3.31. The van der Waals surface area contributed by atoms with E-state index in [2.05, 4.69) is 108 Å². The van der Waals surface area contributed by atoms with Crippen molar-refractivity contribution in [1.82, 2.24) is 4.98 Å². The molecule has 2 nitrogen and oxygen atoms in total. The van der Waals surface area contributed by atoms with Crippen LogP contribution >= 0.6 is 0 Å². The Hall–Kier alpha value is -3.39. The van der Waals surface area contributed by atoms with Gasteiger partial charge in [-0.25, -0.2) is 0 Å². The Morgan fingerprint density at radius 2 is 1.30 bits per heavy atom. The number of hydrogen-bond acceptors (Lipinski definition) is 2. The zero-order valence-corrected chi connectivity index (χ0v) is 23.2. The summed E-state index contributed by atoms with van der Waals surface area (Å²) in [5.41, 5.74) is 10.9. The number of nitrogens with zero attached hydrogens (tertiary/aromatic N) is 1. The second-order valence-electron chi connectivity index (χ2n) is 13.4. The maximum Gasteiger partial charge on any atom is 0.145 e. The Balaban J connectivity index is 1.72. The topological polar surface area (TPSA) is 26.0 Å². The van der Waals surface area contributed by atoms with E-state index in [1.807, 2.05) is 18.3 Å². The van der Waals surface area contributed by atoms with Crippen LogP contribution in [0.5, 0.6) is 0 Å². The number of aryl methyl sites for hydroxylation is 1. The molecule has 0 unspecified atom stereocenters. The molecule has 0 radical (unpaired) electrons. The third-order valence-electron chi connectivity index (χ3n) is 7.83. The summed E-state index contributed by atoms with van der Waals surface area (Å²) in [7, 11) is 0. The van der Waals surface area contributed by atoms with Gasteiger partial charge in [0.2, 0.25) is 0 Å². The molecule has 2 aromatic heterocycles. The summed E-state index contributed by atoms with van der Waals surface area (Å²) in [6.45, 7) is 16.4. The predicted octanol–water partition coefficient (Wildman–Crippen LogP) is 10.1. The highest BCUT2D eigenvalue weighted by atomic mass is 16.3. The highest BCUT2D eigenvalue weighted by Gasteiger charge is 2.48. The zero-order chi connectivity index (χ0) is 26.2. The molecule has 0 saturated carbocycles. The maximum absolute atomic E-state index is 6.93. The summed E-state index contributed by atoms with van der Waals surface area (Å²) in [5.74, 6) is 0. The number of aromatic nitrogens is 1. The molecule has 188 valence electrons. The number of pyridine rings is 1. The largest absolute Gasteiger partial charge is 0.455 e. The molecule has 37 heavy (non-hydrogen) atoms. The quantitative estimate of drug-likeness (QED) is 0.253. The lowest BCUT2D eigenvalue weighted by Crippen LogP contribution is -2.35. The van der Waals surface area contributed by atoms with Gasteiger partial charge in [-0.2, -0.15) is 0 Å². The van der Waals surface area contributed by atoms with E-state index < -0.39 is 0 Å². The maximum atomic E-state index is 6.93. The van der Waals surface area contributed by atoms with Crippen LogP contribution in [0.4, 0.5) is 0 Å². The standard InChI is InChI=1S/C35H37NO/c1-22-15-16-23-24-17-18-27-30(32(24)37-31(23)29(22)28-14-10-11-19-36-28)25-12-8-9-13-26(25)35(27,20-33(2,3)4)21-34(5,6)7/h8-19H,20-21H2,1-7H3. The number of hydrogen-bond donors (Lipinski definition) is 0. The van der Waals surface area contributed by atoms with Crippen LogP contribution in [-0.4, -0.2) is 4.98 Å². The van der Waals surface area contributed by atoms with Crippen LogP contribution in [0.15, 0.2) is 77.3 Å². The molecule has 0 spiro atoms. The molecule has 5 aromatic rings. The first-order chi connectivity index (χ1) is 17.5. The molecular weight excluding hydrogens is 450 g/mol.